The quantitative estimate of drug-likeness (QED) is 0.243. The molecule has 9 heteroatoms. The first-order chi connectivity index (χ1) is 24.4. The summed E-state index contributed by atoms with van der Waals surface area (Å²) in [6.07, 6.45) is 15.3. The van der Waals surface area contributed by atoms with Crippen LogP contribution < -0.4 is 14.4 Å². The van der Waals surface area contributed by atoms with Gasteiger partial charge in [-0.3, -0.25) is 14.4 Å². The molecule has 6 aliphatic rings. The van der Waals surface area contributed by atoms with Crippen LogP contribution in [0.1, 0.15) is 79.8 Å². The minimum Gasteiger partial charge on any atom is -0.490 e. The lowest BCUT2D eigenvalue weighted by molar-refractivity contribution is -0.0315. The predicted molar refractivity (Wildman–Crippen MR) is 203 cm³/mol. The van der Waals surface area contributed by atoms with Crippen LogP contribution in [0.25, 0.3) is 0 Å². The summed E-state index contributed by atoms with van der Waals surface area (Å²) in [6.45, 7) is 10.0. The van der Waals surface area contributed by atoms with E-state index in [-0.39, 0.29) is 17.4 Å². The van der Waals surface area contributed by atoms with E-state index in [4.69, 9.17) is 25.8 Å². The van der Waals surface area contributed by atoms with Gasteiger partial charge in [-0.1, -0.05) is 49.6 Å². The summed E-state index contributed by atoms with van der Waals surface area (Å²) < 4.78 is 22.5. The Bertz CT molecular complexity index is 1550. The van der Waals surface area contributed by atoms with Gasteiger partial charge in [-0.05, 0) is 122 Å². The zero-order valence-electron chi connectivity index (χ0n) is 29.6. The number of aryl methyl sites for hydroxylation is 1. The Balaban J connectivity index is 1.11. The van der Waals surface area contributed by atoms with Crippen LogP contribution in [0, 0.1) is 23.7 Å². The maximum absolute atomic E-state index is 13.8. The molecule has 3 fully saturated rings. The zero-order chi connectivity index (χ0) is 34.1. The highest BCUT2D eigenvalue weighted by Gasteiger charge is 2.44. The van der Waals surface area contributed by atoms with E-state index in [0.29, 0.717) is 35.2 Å². The minimum absolute atomic E-state index is 0.0137. The Hall–Kier alpha value is -2.23. The number of benzene rings is 2. The van der Waals surface area contributed by atoms with Crippen LogP contribution in [0.15, 0.2) is 48.6 Å². The summed E-state index contributed by atoms with van der Waals surface area (Å²) in [5, 5.41) is 1.18. The van der Waals surface area contributed by atoms with Gasteiger partial charge in [-0.25, -0.2) is 0 Å². The lowest BCUT2D eigenvalue weighted by atomic mass is 9.68. The maximum Gasteiger partial charge on any atom is 0.261 e. The number of rotatable bonds is 6. The van der Waals surface area contributed by atoms with E-state index < -0.39 is 0 Å². The summed E-state index contributed by atoms with van der Waals surface area (Å²) in [7, 11) is 0. The molecule has 2 aromatic rings. The molecular formula is C41H54ClN3O4S. The van der Waals surface area contributed by atoms with Crippen molar-refractivity contribution in [3.8, 4) is 5.75 Å². The third-order valence-electron chi connectivity index (χ3n) is 12.5. The van der Waals surface area contributed by atoms with Gasteiger partial charge in [0.05, 0.1) is 38.2 Å². The Morgan fingerprint density at radius 1 is 1.10 bits per heavy atom. The molecule has 3 aliphatic heterocycles. The normalized spacial score (nSPS) is 32.6. The fraction of sp³-hybridized carbons (Fsp3) is 0.634. The second kappa shape index (κ2) is 15.4. The van der Waals surface area contributed by atoms with Crippen molar-refractivity contribution in [2.75, 3.05) is 64.1 Å². The molecule has 1 spiro atoms. The van der Waals surface area contributed by atoms with E-state index >= 15 is 0 Å². The number of hydrogen-bond acceptors (Lipinski definition) is 7. The van der Waals surface area contributed by atoms with E-state index in [1.807, 2.05) is 18.2 Å². The predicted octanol–water partition coefficient (Wildman–Crippen LogP) is 7.70. The second-order valence-corrected chi connectivity index (χ2v) is 17.5. The molecule has 2 aromatic carbocycles. The number of halogens is 1. The highest BCUT2D eigenvalue weighted by atomic mass is 35.5. The minimum atomic E-state index is -0.143. The molecule has 270 valence electrons. The molecule has 3 heterocycles. The molecule has 50 heavy (non-hydrogen) atoms. The van der Waals surface area contributed by atoms with Crippen molar-refractivity contribution in [2.24, 2.45) is 23.7 Å². The number of fused-ring (bicyclic) bond motifs is 4. The fourth-order valence-electron chi connectivity index (χ4n) is 9.10. The van der Waals surface area contributed by atoms with Gasteiger partial charge in [0, 0.05) is 54.0 Å². The molecule has 7 nitrogen and oxygen atoms in total. The van der Waals surface area contributed by atoms with Crippen molar-refractivity contribution in [2.45, 2.75) is 81.5 Å². The average molecular weight is 720 g/mol. The lowest BCUT2D eigenvalue weighted by Crippen LogP contribution is -2.50. The summed E-state index contributed by atoms with van der Waals surface area (Å²) in [4.78, 5) is 18.8. The molecule has 0 radical (unpaired) electrons. The first kappa shape index (κ1) is 34.8. The summed E-state index contributed by atoms with van der Waals surface area (Å²) in [5.41, 5.74) is 4.32. The number of allylic oxidation sites excluding steroid dienone is 1. The van der Waals surface area contributed by atoms with Gasteiger partial charge >= 0.3 is 0 Å². The fourth-order valence-corrected chi connectivity index (χ4v) is 10.4. The number of amides is 1. The molecule has 1 saturated heterocycles. The number of anilines is 1. The van der Waals surface area contributed by atoms with E-state index in [1.54, 1.807) is 11.9 Å². The average Bonchev–Trinajstić information content (AvgIpc) is 3.95. The van der Waals surface area contributed by atoms with Gasteiger partial charge < -0.3 is 19.1 Å². The van der Waals surface area contributed by atoms with Crippen LogP contribution in [0.3, 0.4) is 0 Å². The maximum atomic E-state index is 13.8. The smallest absolute Gasteiger partial charge is 0.261 e. The van der Waals surface area contributed by atoms with Crippen molar-refractivity contribution in [1.29, 1.82) is 0 Å². The Kier molecular flexibility index (Phi) is 10.7. The van der Waals surface area contributed by atoms with E-state index in [9.17, 15) is 4.79 Å². The number of nitrogens with zero attached hydrogens (tertiary/aromatic N) is 2. The number of carbonyl (C=O) groups excluding carboxylic acids is 1. The Morgan fingerprint density at radius 3 is 2.80 bits per heavy atom. The SMILES string of the molecule is C[C@@H]1C/C=C\[C@H](OCCN2CCOCC2)[C@@H]2CC[C@H]2CN2C[C@@]3(CCCc4cc(Cl)ccc43)COc3ccc(cc32)C(=O)NS[C@@H]1CC1CC1. The third kappa shape index (κ3) is 7.75. The largest absolute Gasteiger partial charge is 0.490 e. The third-order valence-corrected chi connectivity index (χ3v) is 14.0. The van der Waals surface area contributed by atoms with Crippen LogP contribution in [0.5, 0.6) is 5.75 Å². The molecule has 0 aromatic heterocycles. The van der Waals surface area contributed by atoms with Crippen molar-refractivity contribution in [1.82, 2.24) is 9.62 Å². The van der Waals surface area contributed by atoms with Crippen molar-refractivity contribution in [3.63, 3.8) is 0 Å². The lowest BCUT2D eigenvalue weighted by Gasteiger charge is -2.46. The number of hydrogen-bond donors (Lipinski definition) is 1. The molecule has 1 amide bonds. The zero-order valence-corrected chi connectivity index (χ0v) is 31.2. The highest BCUT2D eigenvalue weighted by Crippen LogP contribution is 2.47. The van der Waals surface area contributed by atoms with Crippen molar-refractivity contribution < 1.29 is 19.0 Å². The molecule has 2 bridgehead atoms. The molecule has 3 aliphatic carbocycles. The van der Waals surface area contributed by atoms with Gasteiger partial charge in [-0.15, -0.1) is 0 Å². The van der Waals surface area contributed by atoms with Gasteiger partial charge in [0.2, 0.25) is 0 Å². The standard InChI is InChI=1S/C41H54ClN3O4S/c1-28-4-2-6-37(48-21-18-44-16-19-47-20-17-44)34-12-9-32(34)25-45-26-41(15-3-5-30-23-33(42)11-13-35(30)41)27-49-38-14-10-31(24-36(38)45)40(46)43-50-39(28)22-29-7-8-29/h2,6,10-11,13-14,23-24,28-29,32,34,37,39H,3-5,7-9,12,15-22,25-27H2,1H3,(H,43,46)/b6-2-/t28-,32+,34-,37+,39-,41+/m1/s1. The van der Waals surface area contributed by atoms with E-state index in [0.717, 1.165) is 107 Å². The van der Waals surface area contributed by atoms with Crippen LogP contribution in [-0.4, -0.2) is 81.3 Å². The monoisotopic (exact) mass is 719 g/mol. The summed E-state index contributed by atoms with van der Waals surface area (Å²) in [5.74, 6) is 3.06. The first-order valence-electron chi connectivity index (χ1n) is 19.3. The van der Waals surface area contributed by atoms with E-state index in [2.05, 4.69) is 51.8 Å². The summed E-state index contributed by atoms with van der Waals surface area (Å²) in [6, 6.07) is 12.6. The number of carbonyl (C=O) groups is 1. The van der Waals surface area contributed by atoms with Crippen LogP contribution in [0.4, 0.5) is 5.69 Å². The van der Waals surface area contributed by atoms with Gasteiger partial charge in [0.25, 0.3) is 5.91 Å². The molecule has 2 saturated carbocycles. The summed E-state index contributed by atoms with van der Waals surface area (Å²) >= 11 is 8.15. The second-order valence-electron chi connectivity index (χ2n) is 16.0. The van der Waals surface area contributed by atoms with Gasteiger partial charge in [0.1, 0.15) is 5.75 Å². The van der Waals surface area contributed by atoms with Crippen LogP contribution in [0.2, 0.25) is 5.02 Å². The first-order valence-corrected chi connectivity index (χ1v) is 20.5. The van der Waals surface area contributed by atoms with Crippen LogP contribution >= 0.6 is 23.5 Å². The van der Waals surface area contributed by atoms with Crippen LogP contribution in [-0.2, 0) is 21.3 Å². The molecule has 1 N–H and O–H groups in total. The molecule has 6 atom stereocenters. The van der Waals surface area contributed by atoms with Crippen molar-refractivity contribution in [3.05, 3.63) is 70.3 Å². The molecule has 0 unspecified atom stereocenters. The Labute approximate surface area is 307 Å². The molecule has 8 rings (SSSR count). The molecular weight excluding hydrogens is 666 g/mol. The van der Waals surface area contributed by atoms with Gasteiger partial charge in [0.15, 0.2) is 0 Å². The highest BCUT2D eigenvalue weighted by molar-refractivity contribution is 7.98. The number of morpholine rings is 1. The number of nitrogens with one attached hydrogen (secondary N) is 1. The topological polar surface area (TPSA) is 63.3 Å². The Morgan fingerprint density at radius 2 is 1.98 bits per heavy atom. The van der Waals surface area contributed by atoms with Crippen molar-refractivity contribution >= 4 is 35.1 Å². The van der Waals surface area contributed by atoms with Gasteiger partial charge in [-0.2, -0.15) is 0 Å². The number of ether oxygens (including phenoxy) is 3. The van der Waals surface area contributed by atoms with E-state index in [1.165, 1.54) is 36.8 Å².